The molecule has 2 fully saturated rings. The molecule has 3 rings (SSSR count). The van der Waals surface area contributed by atoms with Gasteiger partial charge in [0.25, 0.3) is 0 Å². The number of hydrogen-bond donors (Lipinski definition) is 1. The fourth-order valence-corrected chi connectivity index (χ4v) is 3.75. The number of nitrogens with one attached hydrogen (secondary N) is 1. The Hall–Kier alpha value is -1.85. The van der Waals surface area contributed by atoms with Crippen LogP contribution < -0.4 is 5.32 Å². The lowest BCUT2D eigenvalue weighted by molar-refractivity contribution is 0.0372. The van der Waals surface area contributed by atoms with E-state index in [0.717, 1.165) is 64.7 Å². The van der Waals surface area contributed by atoms with Gasteiger partial charge in [-0.2, -0.15) is 0 Å². The quantitative estimate of drug-likeness (QED) is 0.475. The third-order valence-electron chi connectivity index (χ3n) is 5.38. The molecule has 0 radical (unpaired) electrons. The van der Waals surface area contributed by atoms with Gasteiger partial charge in [-0.15, -0.1) is 0 Å². The molecule has 2 heterocycles. The number of piperidine rings is 1. The van der Waals surface area contributed by atoms with Gasteiger partial charge >= 0.3 is 0 Å². The molecule has 0 unspecified atom stereocenters. The van der Waals surface area contributed by atoms with Crippen LogP contribution in [0.4, 0.5) is 0 Å². The highest BCUT2D eigenvalue weighted by Gasteiger charge is 2.17. The topological polar surface area (TPSA) is 40.1 Å². The van der Waals surface area contributed by atoms with E-state index in [0.29, 0.717) is 0 Å². The summed E-state index contributed by atoms with van der Waals surface area (Å²) in [4.78, 5) is 9.39. The van der Waals surface area contributed by atoms with E-state index in [1.165, 1.54) is 24.9 Å². The summed E-state index contributed by atoms with van der Waals surface area (Å²) < 4.78 is 5.40. The largest absolute Gasteiger partial charge is 0.379 e. The molecule has 5 heteroatoms. The molecule has 0 aromatic heterocycles. The molecule has 1 N–H and O–H groups in total. The van der Waals surface area contributed by atoms with Crippen LogP contribution >= 0.6 is 0 Å². The molecular formula is C22H34N4O. The van der Waals surface area contributed by atoms with Crippen molar-refractivity contribution in [1.29, 1.82) is 0 Å². The van der Waals surface area contributed by atoms with E-state index in [9.17, 15) is 0 Å². The van der Waals surface area contributed by atoms with Gasteiger partial charge in [0.1, 0.15) is 0 Å². The number of morpholine rings is 1. The highest BCUT2D eigenvalue weighted by atomic mass is 16.5. The van der Waals surface area contributed by atoms with Crippen LogP contribution in [0.2, 0.25) is 0 Å². The first kappa shape index (κ1) is 19.9. The van der Waals surface area contributed by atoms with E-state index in [1.54, 1.807) is 5.57 Å². The zero-order valence-corrected chi connectivity index (χ0v) is 16.7. The molecule has 0 spiro atoms. The third-order valence-corrected chi connectivity index (χ3v) is 5.38. The van der Waals surface area contributed by atoms with Crippen LogP contribution in [0.25, 0.3) is 6.08 Å². The maximum absolute atomic E-state index is 5.40. The Morgan fingerprint density at radius 2 is 1.81 bits per heavy atom. The molecule has 0 saturated carbocycles. The van der Waals surface area contributed by atoms with Crippen molar-refractivity contribution in [2.45, 2.75) is 25.7 Å². The van der Waals surface area contributed by atoms with E-state index in [2.05, 4.69) is 56.5 Å². The summed E-state index contributed by atoms with van der Waals surface area (Å²) in [6, 6.07) is 10.6. The van der Waals surface area contributed by atoms with Gasteiger partial charge in [-0.3, -0.25) is 9.89 Å². The smallest absolute Gasteiger partial charge is 0.193 e. The standard InChI is InChI=1S/C22H34N4O/c1-23-22(24-11-5-6-12-25-15-17-27-18-16-25)26-13-9-21(10-14-26)19-20-7-3-2-4-8-20/h2-4,7-8,19H,5-6,9-18H2,1H3,(H,23,24). The number of ether oxygens (including phenoxy) is 1. The number of guanidine groups is 1. The lowest BCUT2D eigenvalue weighted by Crippen LogP contribution is -2.44. The number of hydrogen-bond acceptors (Lipinski definition) is 3. The van der Waals surface area contributed by atoms with Crippen molar-refractivity contribution in [3.8, 4) is 0 Å². The van der Waals surface area contributed by atoms with Gasteiger partial charge in [-0.25, -0.2) is 0 Å². The lowest BCUT2D eigenvalue weighted by atomic mass is 10.0. The summed E-state index contributed by atoms with van der Waals surface area (Å²) in [7, 11) is 1.89. The first-order valence-corrected chi connectivity index (χ1v) is 10.4. The summed E-state index contributed by atoms with van der Waals surface area (Å²) in [5, 5.41) is 3.55. The van der Waals surface area contributed by atoms with Crippen molar-refractivity contribution in [1.82, 2.24) is 15.1 Å². The number of benzene rings is 1. The van der Waals surface area contributed by atoms with Crippen molar-refractivity contribution in [3.63, 3.8) is 0 Å². The molecule has 0 atom stereocenters. The molecule has 5 nitrogen and oxygen atoms in total. The van der Waals surface area contributed by atoms with Crippen LogP contribution in [0.1, 0.15) is 31.2 Å². The van der Waals surface area contributed by atoms with Gasteiger partial charge in [0.05, 0.1) is 13.2 Å². The second kappa shape index (κ2) is 11.1. The molecule has 27 heavy (non-hydrogen) atoms. The van der Waals surface area contributed by atoms with E-state index < -0.39 is 0 Å². The first-order chi connectivity index (χ1) is 13.3. The fourth-order valence-electron chi connectivity index (χ4n) is 3.75. The Morgan fingerprint density at radius 3 is 2.52 bits per heavy atom. The molecule has 1 aromatic carbocycles. The number of aliphatic imine (C=N–C) groups is 1. The predicted molar refractivity (Wildman–Crippen MR) is 113 cm³/mol. The summed E-state index contributed by atoms with van der Waals surface area (Å²) in [6.45, 7) is 8.23. The molecule has 1 aromatic rings. The number of likely N-dealkylation sites (tertiary alicyclic amines) is 1. The van der Waals surface area contributed by atoms with Gasteiger partial charge in [-0.1, -0.05) is 42.0 Å². The van der Waals surface area contributed by atoms with E-state index in [4.69, 9.17) is 4.74 Å². The van der Waals surface area contributed by atoms with Crippen molar-refractivity contribution < 1.29 is 4.74 Å². The summed E-state index contributed by atoms with van der Waals surface area (Å²) in [6.07, 6.45) is 7.00. The SMILES string of the molecule is CN=C(NCCCCN1CCOCC1)N1CCC(=Cc2ccccc2)CC1. The van der Waals surface area contributed by atoms with Crippen molar-refractivity contribution in [2.75, 3.05) is 59.5 Å². The second-order valence-electron chi connectivity index (χ2n) is 7.34. The van der Waals surface area contributed by atoms with Crippen molar-refractivity contribution >= 4 is 12.0 Å². The zero-order valence-electron chi connectivity index (χ0n) is 16.7. The van der Waals surface area contributed by atoms with Crippen LogP contribution in [0, 0.1) is 0 Å². The molecular weight excluding hydrogens is 336 g/mol. The minimum atomic E-state index is 0.889. The minimum absolute atomic E-state index is 0.889. The van der Waals surface area contributed by atoms with Crippen LogP contribution in [0.5, 0.6) is 0 Å². The predicted octanol–water partition coefficient (Wildman–Crippen LogP) is 2.85. The van der Waals surface area contributed by atoms with Gasteiger partial charge in [0, 0.05) is 39.8 Å². The monoisotopic (exact) mass is 370 g/mol. The Kier molecular flexibility index (Phi) is 8.18. The third kappa shape index (κ3) is 6.67. The van der Waals surface area contributed by atoms with Crippen LogP contribution in [-0.4, -0.2) is 75.3 Å². The zero-order chi connectivity index (χ0) is 18.7. The normalized spacial score (nSPS) is 19.2. The van der Waals surface area contributed by atoms with Crippen molar-refractivity contribution in [3.05, 3.63) is 41.5 Å². The average molecular weight is 371 g/mol. The summed E-state index contributed by atoms with van der Waals surface area (Å²) in [5.41, 5.74) is 2.85. The van der Waals surface area contributed by atoms with Crippen LogP contribution in [0.3, 0.4) is 0 Å². The maximum atomic E-state index is 5.40. The van der Waals surface area contributed by atoms with E-state index in [1.807, 2.05) is 7.05 Å². The number of rotatable bonds is 6. The molecule has 2 aliphatic rings. The maximum Gasteiger partial charge on any atom is 0.193 e. The Morgan fingerprint density at radius 1 is 1.07 bits per heavy atom. The summed E-state index contributed by atoms with van der Waals surface area (Å²) in [5.74, 6) is 1.06. The molecule has 2 aliphatic heterocycles. The average Bonchev–Trinajstić information content (AvgIpc) is 2.73. The molecule has 2 saturated heterocycles. The second-order valence-corrected chi connectivity index (χ2v) is 7.34. The Balaban J connectivity index is 1.34. The van der Waals surface area contributed by atoms with Gasteiger partial charge in [-0.05, 0) is 37.8 Å². The van der Waals surface area contributed by atoms with E-state index >= 15 is 0 Å². The first-order valence-electron chi connectivity index (χ1n) is 10.4. The fraction of sp³-hybridized carbons (Fsp3) is 0.591. The molecule has 148 valence electrons. The summed E-state index contributed by atoms with van der Waals surface area (Å²) >= 11 is 0. The lowest BCUT2D eigenvalue weighted by Gasteiger charge is -2.31. The highest BCUT2D eigenvalue weighted by molar-refractivity contribution is 5.80. The Bertz CT molecular complexity index is 598. The van der Waals surface area contributed by atoms with Crippen LogP contribution in [-0.2, 0) is 4.74 Å². The minimum Gasteiger partial charge on any atom is -0.379 e. The highest BCUT2D eigenvalue weighted by Crippen LogP contribution is 2.19. The number of unbranched alkanes of at least 4 members (excludes halogenated alkanes) is 1. The molecule has 0 bridgehead atoms. The van der Waals surface area contributed by atoms with Gasteiger partial charge in [0.15, 0.2) is 5.96 Å². The number of nitrogens with zero attached hydrogens (tertiary/aromatic N) is 3. The molecule has 0 aliphatic carbocycles. The van der Waals surface area contributed by atoms with Crippen molar-refractivity contribution in [2.24, 2.45) is 4.99 Å². The van der Waals surface area contributed by atoms with E-state index in [-0.39, 0.29) is 0 Å². The molecule has 0 amide bonds. The van der Waals surface area contributed by atoms with Crippen LogP contribution in [0.15, 0.2) is 40.9 Å². The Labute approximate surface area is 164 Å². The van der Waals surface area contributed by atoms with Gasteiger partial charge < -0.3 is 15.0 Å². The van der Waals surface area contributed by atoms with Gasteiger partial charge in [0.2, 0.25) is 0 Å².